The van der Waals surface area contributed by atoms with E-state index in [-0.39, 0.29) is 12.2 Å². The van der Waals surface area contributed by atoms with Crippen LogP contribution in [0.1, 0.15) is 0 Å². The van der Waals surface area contributed by atoms with Gasteiger partial charge in [-0.15, -0.1) is 0 Å². The highest BCUT2D eigenvalue weighted by molar-refractivity contribution is 7.94. The maximum absolute atomic E-state index is 12.2. The molecular weight excluding hydrogens is 286 g/mol. The van der Waals surface area contributed by atoms with Gasteiger partial charge >= 0.3 is 6.03 Å². The number of methoxy groups -OCH3 is 1. The highest BCUT2D eigenvalue weighted by Gasteiger charge is 2.37. The minimum absolute atomic E-state index is 0.222. The number of sulfonamides is 1. The standard InChI is InChI=1S/C11H13N3O5S/c1-19-8-5-3-2-4-7(8)14-20(17,18)9-6-12-11(16)13-10(9)15/h2-5,9,14H,6H2,1H3,(H2,12,13,15,16). The van der Waals surface area contributed by atoms with Crippen LogP contribution < -0.4 is 20.1 Å². The van der Waals surface area contributed by atoms with E-state index in [1.807, 2.05) is 5.32 Å². The molecule has 1 aliphatic heterocycles. The number of amides is 3. The molecule has 108 valence electrons. The topological polar surface area (TPSA) is 114 Å². The lowest BCUT2D eigenvalue weighted by Gasteiger charge is -2.23. The number of rotatable bonds is 4. The average molecular weight is 299 g/mol. The van der Waals surface area contributed by atoms with Gasteiger partial charge in [0.1, 0.15) is 5.75 Å². The third-order valence-electron chi connectivity index (χ3n) is 2.71. The molecule has 0 bridgehead atoms. The number of hydrogen-bond acceptors (Lipinski definition) is 5. The third-order valence-corrected chi connectivity index (χ3v) is 4.35. The summed E-state index contributed by atoms with van der Waals surface area (Å²) in [6, 6.07) is 5.70. The van der Waals surface area contributed by atoms with Crippen molar-refractivity contribution in [2.45, 2.75) is 5.25 Å². The predicted octanol–water partition coefficient (Wildman–Crippen LogP) is -0.355. The smallest absolute Gasteiger partial charge is 0.321 e. The molecule has 1 atom stereocenters. The van der Waals surface area contributed by atoms with E-state index >= 15 is 0 Å². The number of imide groups is 1. The molecule has 9 heteroatoms. The summed E-state index contributed by atoms with van der Waals surface area (Å²) in [5.74, 6) is -0.535. The Balaban J connectivity index is 2.23. The molecule has 0 radical (unpaired) electrons. The van der Waals surface area contributed by atoms with Crippen LogP contribution >= 0.6 is 0 Å². The molecule has 1 saturated heterocycles. The number of ether oxygens (including phenoxy) is 1. The molecule has 8 nitrogen and oxygen atoms in total. The van der Waals surface area contributed by atoms with E-state index in [4.69, 9.17) is 4.74 Å². The number of nitrogens with one attached hydrogen (secondary N) is 3. The van der Waals surface area contributed by atoms with E-state index in [0.29, 0.717) is 5.75 Å². The monoisotopic (exact) mass is 299 g/mol. The number of hydrogen-bond donors (Lipinski definition) is 3. The highest BCUT2D eigenvalue weighted by Crippen LogP contribution is 2.25. The fourth-order valence-corrected chi connectivity index (χ4v) is 2.98. The van der Waals surface area contributed by atoms with Crippen LogP contribution in [0, 0.1) is 0 Å². The molecule has 1 aliphatic rings. The first kappa shape index (κ1) is 14.1. The van der Waals surface area contributed by atoms with Gasteiger partial charge in [-0.25, -0.2) is 13.2 Å². The van der Waals surface area contributed by atoms with Crippen molar-refractivity contribution in [3.8, 4) is 5.75 Å². The summed E-state index contributed by atoms with van der Waals surface area (Å²) < 4.78 is 31.6. The van der Waals surface area contributed by atoms with E-state index in [1.54, 1.807) is 18.2 Å². The average Bonchev–Trinajstić information content (AvgIpc) is 2.38. The first-order chi connectivity index (χ1) is 9.44. The van der Waals surface area contributed by atoms with E-state index in [1.165, 1.54) is 13.2 Å². The second-order valence-electron chi connectivity index (χ2n) is 4.04. The molecule has 1 heterocycles. The molecule has 1 fully saturated rings. The zero-order valence-corrected chi connectivity index (χ0v) is 11.4. The molecule has 3 N–H and O–H groups in total. The van der Waals surface area contributed by atoms with E-state index in [0.717, 1.165) is 0 Å². The van der Waals surface area contributed by atoms with Crippen LogP contribution in [-0.2, 0) is 14.8 Å². The van der Waals surface area contributed by atoms with Crippen LogP contribution in [0.2, 0.25) is 0 Å². The summed E-state index contributed by atoms with van der Waals surface area (Å²) >= 11 is 0. The minimum atomic E-state index is -4.00. The molecular formula is C11H13N3O5S. The Morgan fingerprint density at radius 2 is 2.00 bits per heavy atom. The van der Waals surface area contributed by atoms with E-state index < -0.39 is 27.2 Å². The second-order valence-corrected chi connectivity index (χ2v) is 5.90. The Bertz CT molecular complexity index is 643. The van der Waals surface area contributed by atoms with Crippen LogP contribution in [0.15, 0.2) is 24.3 Å². The molecule has 1 aromatic carbocycles. The zero-order chi connectivity index (χ0) is 14.8. The number of carbonyl (C=O) groups is 2. The lowest BCUT2D eigenvalue weighted by molar-refractivity contribution is -0.120. The molecule has 1 aromatic rings. The molecule has 1 unspecified atom stereocenters. The van der Waals surface area contributed by atoms with Crippen molar-refractivity contribution in [3.63, 3.8) is 0 Å². The Hall–Kier alpha value is -2.29. The van der Waals surface area contributed by atoms with Gasteiger partial charge in [-0.1, -0.05) is 12.1 Å². The van der Waals surface area contributed by atoms with Crippen molar-refractivity contribution < 1.29 is 22.7 Å². The van der Waals surface area contributed by atoms with Gasteiger partial charge in [0.2, 0.25) is 15.9 Å². The van der Waals surface area contributed by atoms with Crippen LogP contribution in [0.25, 0.3) is 0 Å². The van der Waals surface area contributed by atoms with Gasteiger partial charge in [0, 0.05) is 6.54 Å². The Morgan fingerprint density at radius 1 is 1.30 bits per heavy atom. The largest absolute Gasteiger partial charge is 0.495 e. The fourth-order valence-electron chi connectivity index (χ4n) is 1.72. The van der Waals surface area contributed by atoms with Crippen LogP contribution in [0.5, 0.6) is 5.75 Å². The predicted molar refractivity (Wildman–Crippen MR) is 70.9 cm³/mol. The molecule has 2 rings (SSSR count). The van der Waals surface area contributed by atoms with E-state index in [2.05, 4.69) is 10.0 Å². The summed E-state index contributed by atoms with van der Waals surface area (Å²) in [6.07, 6.45) is 0. The minimum Gasteiger partial charge on any atom is -0.495 e. The number of carbonyl (C=O) groups excluding carboxylic acids is 2. The third kappa shape index (κ3) is 2.82. The van der Waals surface area contributed by atoms with Gasteiger partial charge in [0.15, 0.2) is 5.25 Å². The van der Waals surface area contributed by atoms with Gasteiger partial charge in [0.05, 0.1) is 12.8 Å². The molecule has 3 amide bonds. The molecule has 0 aromatic heterocycles. The van der Waals surface area contributed by atoms with Crippen LogP contribution in [0.3, 0.4) is 0 Å². The second kappa shape index (κ2) is 5.37. The number of anilines is 1. The summed E-state index contributed by atoms with van der Waals surface area (Å²) in [5.41, 5.74) is 0.222. The first-order valence-corrected chi connectivity index (χ1v) is 7.22. The number of benzene rings is 1. The molecule has 20 heavy (non-hydrogen) atoms. The maximum Gasteiger partial charge on any atom is 0.321 e. The van der Waals surface area contributed by atoms with Crippen molar-refractivity contribution in [1.82, 2.24) is 10.6 Å². The van der Waals surface area contributed by atoms with Crippen LogP contribution in [0.4, 0.5) is 10.5 Å². The zero-order valence-electron chi connectivity index (χ0n) is 10.5. The first-order valence-electron chi connectivity index (χ1n) is 5.67. The van der Waals surface area contributed by atoms with Crippen molar-refractivity contribution in [1.29, 1.82) is 0 Å². The van der Waals surface area contributed by atoms with Crippen molar-refractivity contribution >= 4 is 27.6 Å². The van der Waals surface area contributed by atoms with Crippen molar-refractivity contribution in [2.75, 3.05) is 18.4 Å². The van der Waals surface area contributed by atoms with Crippen molar-refractivity contribution in [2.24, 2.45) is 0 Å². The molecule has 0 saturated carbocycles. The van der Waals surface area contributed by atoms with Gasteiger partial charge in [-0.3, -0.25) is 14.8 Å². The van der Waals surface area contributed by atoms with Gasteiger partial charge < -0.3 is 10.1 Å². The fraction of sp³-hybridized carbons (Fsp3) is 0.273. The normalized spacial score (nSPS) is 18.9. The van der Waals surface area contributed by atoms with E-state index in [9.17, 15) is 18.0 Å². The highest BCUT2D eigenvalue weighted by atomic mass is 32.2. The summed E-state index contributed by atoms with van der Waals surface area (Å²) in [6.45, 7) is -0.283. The lowest BCUT2D eigenvalue weighted by Crippen LogP contribution is -2.58. The molecule has 0 aliphatic carbocycles. The Labute approximate surface area is 115 Å². The van der Waals surface area contributed by atoms with Gasteiger partial charge in [-0.05, 0) is 12.1 Å². The van der Waals surface area contributed by atoms with Gasteiger partial charge in [-0.2, -0.15) is 0 Å². The summed E-state index contributed by atoms with van der Waals surface area (Å²) in [7, 11) is -2.59. The van der Waals surface area contributed by atoms with Gasteiger partial charge in [0.25, 0.3) is 0 Å². The molecule has 0 spiro atoms. The SMILES string of the molecule is COc1ccccc1NS(=O)(=O)C1CNC(=O)NC1=O. The Kier molecular flexibility index (Phi) is 3.79. The van der Waals surface area contributed by atoms with Crippen LogP contribution in [-0.4, -0.2) is 39.3 Å². The number of para-hydroxylation sites is 2. The summed E-state index contributed by atoms with van der Waals surface area (Å²) in [5, 5.41) is 2.77. The Morgan fingerprint density at radius 3 is 2.65 bits per heavy atom. The lowest BCUT2D eigenvalue weighted by atomic mass is 10.3. The summed E-state index contributed by atoms with van der Waals surface area (Å²) in [4.78, 5) is 22.5. The van der Waals surface area contributed by atoms with Crippen molar-refractivity contribution in [3.05, 3.63) is 24.3 Å². The maximum atomic E-state index is 12.2. The number of urea groups is 1. The quantitative estimate of drug-likeness (QED) is 0.703.